The number of hydrogen-bond acceptors (Lipinski definition) is 2. The van der Waals surface area contributed by atoms with E-state index in [0.717, 1.165) is 11.4 Å². The van der Waals surface area contributed by atoms with E-state index in [-0.39, 0.29) is 0 Å². The maximum absolute atomic E-state index is 2.56. The van der Waals surface area contributed by atoms with Gasteiger partial charge >= 0.3 is 0 Å². The van der Waals surface area contributed by atoms with E-state index in [9.17, 15) is 0 Å². The molecule has 0 aliphatic carbocycles. The van der Waals surface area contributed by atoms with Crippen LogP contribution in [0.5, 0.6) is 0 Å². The van der Waals surface area contributed by atoms with Gasteiger partial charge in [-0.2, -0.15) is 0 Å². The highest BCUT2D eigenvalue weighted by Gasteiger charge is 2.29. The molecular formula is C66H46N4. The fourth-order valence-corrected chi connectivity index (χ4v) is 12.4. The summed E-state index contributed by atoms with van der Waals surface area (Å²) in [4.78, 5) is 5.01. The summed E-state index contributed by atoms with van der Waals surface area (Å²) in [6, 6.07) is 77.3. The lowest BCUT2D eigenvalue weighted by molar-refractivity contribution is 1.26. The third kappa shape index (κ3) is 5.36. The lowest BCUT2D eigenvalue weighted by Crippen LogP contribution is -2.12. The molecule has 4 aromatic heterocycles. The molecule has 0 saturated heterocycles. The summed E-state index contributed by atoms with van der Waals surface area (Å²) in [5.74, 6) is 0. The largest absolute Gasteiger partial charge is 0.309 e. The van der Waals surface area contributed by atoms with Gasteiger partial charge in [0, 0.05) is 65.8 Å². The molecule has 0 saturated carbocycles. The van der Waals surface area contributed by atoms with Gasteiger partial charge in [0.05, 0.1) is 44.5 Å². The quantitative estimate of drug-likeness (QED) is 0.165. The van der Waals surface area contributed by atoms with Gasteiger partial charge in [-0.25, -0.2) is 0 Å². The van der Waals surface area contributed by atoms with E-state index in [1.807, 2.05) is 0 Å². The number of hydrogen-bond donors (Lipinski definition) is 0. The average molecular weight is 895 g/mol. The first-order chi connectivity index (χ1) is 34.4. The van der Waals surface area contributed by atoms with Crippen LogP contribution in [0.3, 0.4) is 0 Å². The number of para-hydroxylation sites is 2. The summed E-state index contributed by atoms with van der Waals surface area (Å²) in [5, 5.41) is 15.0. The smallest absolute Gasteiger partial charge is 0.0641 e. The number of aryl methyl sites for hydroxylation is 4. The van der Waals surface area contributed by atoms with E-state index in [1.165, 1.54) is 143 Å². The molecule has 0 fully saturated rings. The second-order valence-corrected chi connectivity index (χ2v) is 19.6. The molecule has 0 atom stereocenters. The Morgan fingerprint density at radius 2 is 0.686 bits per heavy atom. The molecule has 0 aliphatic heterocycles. The zero-order chi connectivity index (χ0) is 46.5. The topological polar surface area (TPSA) is 15.3 Å². The Morgan fingerprint density at radius 1 is 0.286 bits per heavy atom. The molecule has 70 heavy (non-hydrogen) atoms. The Balaban J connectivity index is 1.02. The summed E-state index contributed by atoms with van der Waals surface area (Å²) >= 11 is 0. The molecule has 15 aromatic rings. The molecule has 0 aliphatic rings. The van der Waals surface area contributed by atoms with Gasteiger partial charge in [-0.15, -0.1) is 0 Å². The summed E-state index contributed by atoms with van der Waals surface area (Å²) in [6.45, 7) is 8.89. The van der Waals surface area contributed by atoms with E-state index in [2.05, 4.69) is 253 Å². The van der Waals surface area contributed by atoms with Crippen LogP contribution in [0.4, 0.5) is 34.1 Å². The second-order valence-electron chi connectivity index (χ2n) is 19.6. The van der Waals surface area contributed by atoms with Gasteiger partial charge in [0.15, 0.2) is 0 Å². The first-order valence-corrected chi connectivity index (χ1v) is 24.4. The average Bonchev–Trinajstić information content (AvgIpc) is 4.10. The van der Waals surface area contributed by atoms with Crippen molar-refractivity contribution in [3.63, 3.8) is 0 Å². The van der Waals surface area contributed by atoms with Gasteiger partial charge in [0.1, 0.15) is 0 Å². The molecule has 0 amide bonds. The molecule has 0 bridgehead atoms. The SMILES string of the molecule is Cc1cccc(N(c2cc3ccccc3cc2C)c2ccc3c4cc5c(cc4n4c6ccccc6c2c34)c2ccc(N(c3cccc(C)c3)c3cc4ccccc4cc3C)c3c4ccccc4n5c23)c1. The number of nitrogens with zero attached hydrogens (tertiary/aromatic N) is 4. The fraction of sp³-hybridized carbons (Fsp3) is 0.0606. The lowest BCUT2D eigenvalue weighted by Gasteiger charge is -2.28. The summed E-state index contributed by atoms with van der Waals surface area (Å²) < 4.78 is 5.11. The van der Waals surface area contributed by atoms with Crippen molar-refractivity contribution in [3.8, 4) is 0 Å². The van der Waals surface area contributed by atoms with Crippen molar-refractivity contribution in [2.24, 2.45) is 0 Å². The van der Waals surface area contributed by atoms with Gasteiger partial charge in [-0.05, 0) is 156 Å². The summed E-state index contributed by atoms with van der Waals surface area (Å²) in [6.07, 6.45) is 0. The second kappa shape index (κ2) is 14.3. The normalized spacial score (nSPS) is 12.3. The molecule has 4 nitrogen and oxygen atoms in total. The standard InChI is InChI=1S/C66H46N4/c1-39-15-13-21-47(31-39)67(59-35-45-19-7-5-17-43(45)33-41(59)3)57-29-27-49-53-37-62-54(38-61(53)69-55-25-11-9-23-51(55)63(57)65(49)69)50-28-30-58(64-52-24-10-12-26-56(52)70(62)66(50)64)68(48-22-14-16-40(2)32-48)60-36-46-20-8-6-18-44(46)34-42(60)4/h5-38H,1-4H3. The predicted molar refractivity (Wildman–Crippen MR) is 299 cm³/mol. The molecule has 0 N–H and O–H groups in total. The highest BCUT2D eigenvalue weighted by atomic mass is 15.2. The van der Waals surface area contributed by atoms with Crippen LogP contribution in [0.15, 0.2) is 206 Å². The number of fused-ring (bicyclic) bond motifs is 14. The minimum absolute atomic E-state index is 1.15. The maximum Gasteiger partial charge on any atom is 0.0641 e. The molecule has 0 unspecified atom stereocenters. The molecule has 0 spiro atoms. The van der Waals surface area contributed by atoms with Gasteiger partial charge in [0.2, 0.25) is 0 Å². The van der Waals surface area contributed by atoms with Gasteiger partial charge < -0.3 is 18.6 Å². The van der Waals surface area contributed by atoms with Crippen LogP contribution in [0, 0.1) is 27.7 Å². The van der Waals surface area contributed by atoms with Crippen LogP contribution in [0.1, 0.15) is 22.3 Å². The van der Waals surface area contributed by atoms with Gasteiger partial charge in [-0.1, -0.05) is 121 Å². The van der Waals surface area contributed by atoms with E-state index < -0.39 is 0 Å². The van der Waals surface area contributed by atoms with Crippen molar-refractivity contribution < 1.29 is 0 Å². The van der Waals surface area contributed by atoms with Crippen LogP contribution in [0.25, 0.3) is 97.7 Å². The minimum Gasteiger partial charge on any atom is -0.309 e. The third-order valence-corrected chi connectivity index (χ3v) is 15.4. The number of rotatable bonds is 6. The molecule has 330 valence electrons. The van der Waals surface area contributed by atoms with Crippen LogP contribution in [0.2, 0.25) is 0 Å². The predicted octanol–water partition coefficient (Wildman–Crippen LogP) is 18.5. The number of benzene rings is 11. The monoisotopic (exact) mass is 894 g/mol. The summed E-state index contributed by atoms with van der Waals surface area (Å²) in [5.41, 5.74) is 19.3. The third-order valence-electron chi connectivity index (χ3n) is 15.4. The zero-order valence-corrected chi connectivity index (χ0v) is 39.4. The number of aromatic nitrogens is 2. The van der Waals surface area contributed by atoms with Gasteiger partial charge in [0.25, 0.3) is 0 Å². The highest BCUT2D eigenvalue weighted by Crippen LogP contribution is 2.52. The first-order valence-electron chi connectivity index (χ1n) is 24.4. The Kier molecular flexibility index (Phi) is 8.02. The molecular weight excluding hydrogens is 849 g/mol. The van der Waals surface area contributed by atoms with Crippen LogP contribution < -0.4 is 9.80 Å². The van der Waals surface area contributed by atoms with Crippen LogP contribution in [-0.4, -0.2) is 8.80 Å². The molecule has 15 rings (SSSR count). The van der Waals surface area contributed by atoms with Crippen molar-refractivity contribution >= 4 is 132 Å². The Morgan fingerprint density at radius 3 is 1.11 bits per heavy atom. The fourth-order valence-electron chi connectivity index (χ4n) is 12.4. The number of anilines is 6. The molecule has 4 heterocycles. The minimum atomic E-state index is 1.15. The Labute approximate surface area is 404 Å². The van der Waals surface area contributed by atoms with Crippen molar-refractivity contribution in [2.45, 2.75) is 27.7 Å². The van der Waals surface area contributed by atoms with Crippen LogP contribution in [-0.2, 0) is 0 Å². The van der Waals surface area contributed by atoms with Crippen molar-refractivity contribution in [1.29, 1.82) is 0 Å². The molecule has 4 heteroatoms. The zero-order valence-electron chi connectivity index (χ0n) is 39.4. The molecule has 0 radical (unpaired) electrons. The molecule has 11 aromatic carbocycles. The summed E-state index contributed by atoms with van der Waals surface area (Å²) in [7, 11) is 0. The lowest BCUT2D eigenvalue weighted by atomic mass is 10.00. The van der Waals surface area contributed by atoms with Crippen molar-refractivity contribution in [2.75, 3.05) is 9.80 Å². The van der Waals surface area contributed by atoms with Crippen LogP contribution >= 0.6 is 0 Å². The first kappa shape index (κ1) is 39.2. The maximum atomic E-state index is 2.56. The van der Waals surface area contributed by atoms with E-state index in [4.69, 9.17) is 0 Å². The van der Waals surface area contributed by atoms with Gasteiger partial charge in [-0.3, -0.25) is 0 Å². The van der Waals surface area contributed by atoms with Crippen molar-refractivity contribution in [1.82, 2.24) is 8.80 Å². The van der Waals surface area contributed by atoms with E-state index in [1.54, 1.807) is 0 Å². The van der Waals surface area contributed by atoms with E-state index >= 15 is 0 Å². The van der Waals surface area contributed by atoms with E-state index in [0.29, 0.717) is 0 Å². The van der Waals surface area contributed by atoms with Crippen molar-refractivity contribution in [3.05, 3.63) is 229 Å². The Bertz CT molecular complexity index is 4370. The Hall–Kier alpha value is -8.86. The highest BCUT2D eigenvalue weighted by molar-refractivity contribution is 6.32.